The smallest absolute Gasteiger partial charge is 0.251 e. The number of aryl methyl sites for hydroxylation is 2. The number of hydrogen-bond acceptors (Lipinski definition) is 3. The summed E-state index contributed by atoms with van der Waals surface area (Å²) >= 11 is 0. The van der Waals surface area contributed by atoms with E-state index in [4.69, 9.17) is 4.74 Å². The Labute approximate surface area is 152 Å². The molecule has 0 aliphatic carbocycles. The van der Waals surface area contributed by atoms with Gasteiger partial charge < -0.3 is 15.4 Å². The third-order valence-electron chi connectivity index (χ3n) is 4.23. The molecule has 0 aromatic heterocycles. The minimum Gasteiger partial charge on any atom is -0.494 e. The topological polar surface area (TPSA) is 67.4 Å². The molecular weight excluding hydrogens is 335 g/mol. The van der Waals surface area contributed by atoms with Gasteiger partial charge in [-0.25, -0.2) is 4.39 Å². The molecule has 5 nitrogen and oxygen atoms in total. The number of halogens is 1. The maximum absolute atomic E-state index is 13.8. The number of carbonyl (C=O) groups is 2. The summed E-state index contributed by atoms with van der Waals surface area (Å²) in [5.74, 6) is -1.01. The van der Waals surface area contributed by atoms with E-state index >= 15 is 0 Å². The lowest BCUT2D eigenvalue weighted by molar-refractivity contribution is -0.120. The fraction of sp³-hybridized carbons (Fsp3) is 0.300. The van der Waals surface area contributed by atoms with Crippen LogP contribution in [-0.2, 0) is 4.79 Å². The van der Waals surface area contributed by atoms with E-state index in [1.165, 1.54) is 19.2 Å². The molecule has 138 valence electrons. The van der Waals surface area contributed by atoms with Gasteiger partial charge in [-0.1, -0.05) is 12.1 Å². The van der Waals surface area contributed by atoms with E-state index in [9.17, 15) is 14.0 Å². The van der Waals surface area contributed by atoms with Gasteiger partial charge in [-0.05, 0) is 61.7 Å². The lowest BCUT2D eigenvalue weighted by Crippen LogP contribution is -2.38. The molecule has 2 amide bonds. The first kappa shape index (κ1) is 19.4. The minimum absolute atomic E-state index is 0.146. The first-order chi connectivity index (χ1) is 12.3. The molecule has 0 fully saturated rings. The summed E-state index contributed by atoms with van der Waals surface area (Å²) < 4.78 is 18.6. The molecule has 26 heavy (non-hydrogen) atoms. The van der Waals surface area contributed by atoms with Gasteiger partial charge in [0.2, 0.25) is 5.91 Å². The molecule has 6 heteroatoms. The van der Waals surface area contributed by atoms with Crippen LogP contribution in [0, 0.1) is 19.7 Å². The monoisotopic (exact) mass is 358 g/mol. The molecule has 2 aromatic rings. The SMILES string of the molecule is COc1ccc([C@H](C)NC(=O)CNC(=O)c2ccc(C)c(C)c2)cc1F. The van der Waals surface area contributed by atoms with Crippen LogP contribution in [0.5, 0.6) is 5.75 Å². The van der Waals surface area contributed by atoms with Gasteiger partial charge in [0.15, 0.2) is 11.6 Å². The van der Waals surface area contributed by atoms with Crippen LogP contribution in [0.1, 0.15) is 40.0 Å². The molecule has 0 saturated carbocycles. The summed E-state index contributed by atoms with van der Waals surface area (Å²) in [5.41, 5.74) is 3.22. The molecule has 0 heterocycles. The summed E-state index contributed by atoms with van der Waals surface area (Å²) in [6.07, 6.45) is 0. The molecule has 0 bridgehead atoms. The van der Waals surface area contributed by atoms with Crippen molar-refractivity contribution < 1.29 is 18.7 Å². The van der Waals surface area contributed by atoms with Gasteiger partial charge in [-0.3, -0.25) is 9.59 Å². The highest BCUT2D eigenvalue weighted by Crippen LogP contribution is 2.21. The Balaban J connectivity index is 1.90. The average Bonchev–Trinajstić information content (AvgIpc) is 2.61. The zero-order valence-corrected chi connectivity index (χ0v) is 15.4. The van der Waals surface area contributed by atoms with Crippen LogP contribution < -0.4 is 15.4 Å². The Bertz CT molecular complexity index is 821. The first-order valence-corrected chi connectivity index (χ1v) is 8.30. The van der Waals surface area contributed by atoms with Crippen molar-refractivity contribution in [3.05, 3.63) is 64.5 Å². The third-order valence-corrected chi connectivity index (χ3v) is 4.23. The van der Waals surface area contributed by atoms with E-state index in [2.05, 4.69) is 10.6 Å². The van der Waals surface area contributed by atoms with E-state index in [-0.39, 0.29) is 24.1 Å². The largest absolute Gasteiger partial charge is 0.494 e. The summed E-state index contributed by atoms with van der Waals surface area (Å²) in [4.78, 5) is 24.2. The molecule has 0 radical (unpaired) electrons. The molecular formula is C20H23FN2O3. The van der Waals surface area contributed by atoms with Crippen LogP contribution in [0.25, 0.3) is 0 Å². The Kier molecular flexibility index (Phi) is 6.33. The van der Waals surface area contributed by atoms with Gasteiger partial charge in [0.05, 0.1) is 19.7 Å². The van der Waals surface area contributed by atoms with E-state index in [1.807, 2.05) is 19.9 Å². The molecule has 2 N–H and O–H groups in total. The normalized spacial score (nSPS) is 11.6. The van der Waals surface area contributed by atoms with E-state index < -0.39 is 11.9 Å². The zero-order chi connectivity index (χ0) is 19.3. The maximum Gasteiger partial charge on any atom is 0.251 e. The molecule has 2 aromatic carbocycles. The summed E-state index contributed by atoms with van der Waals surface area (Å²) in [7, 11) is 1.39. The second-order valence-corrected chi connectivity index (χ2v) is 6.16. The van der Waals surface area contributed by atoms with Gasteiger partial charge in [0.25, 0.3) is 5.91 Å². The van der Waals surface area contributed by atoms with Crippen LogP contribution in [0.15, 0.2) is 36.4 Å². The fourth-order valence-electron chi connectivity index (χ4n) is 2.47. The van der Waals surface area contributed by atoms with Gasteiger partial charge in [0, 0.05) is 5.56 Å². The fourth-order valence-corrected chi connectivity index (χ4v) is 2.47. The quantitative estimate of drug-likeness (QED) is 0.834. The van der Waals surface area contributed by atoms with Crippen LogP contribution in [-0.4, -0.2) is 25.5 Å². The number of ether oxygens (including phenoxy) is 1. The van der Waals surface area contributed by atoms with Crippen molar-refractivity contribution in [2.45, 2.75) is 26.8 Å². The van der Waals surface area contributed by atoms with Crippen molar-refractivity contribution >= 4 is 11.8 Å². The number of nitrogens with one attached hydrogen (secondary N) is 2. The number of carbonyl (C=O) groups excluding carboxylic acids is 2. The standard InChI is InChI=1S/C20H23FN2O3/c1-12-5-6-16(9-13(12)2)20(25)22-11-19(24)23-14(3)15-7-8-18(26-4)17(21)10-15/h5-10,14H,11H2,1-4H3,(H,22,25)(H,23,24)/t14-/m0/s1. The molecule has 0 unspecified atom stereocenters. The lowest BCUT2D eigenvalue weighted by Gasteiger charge is -2.15. The van der Waals surface area contributed by atoms with E-state index in [0.29, 0.717) is 11.1 Å². The predicted molar refractivity (Wildman–Crippen MR) is 97.8 cm³/mol. The van der Waals surface area contributed by atoms with Crippen LogP contribution in [0.2, 0.25) is 0 Å². The Morgan fingerprint density at radius 3 is 2.46 bits per heavy atom. The van der Waals surface area contributed by atoms with Crippen molar-refractivity contribution in [3.8, 4) is 5.75 Å². The van der Waals surface area contributed by atoms with Crippen LogP contribution in [0.4, 0.5) is 4.39 Å². The molecule has 0 saturated heterocycles. The van der Waals surface area contributed by atoms with E-state index in [1.54, 1.807) is 25.1 Å². The molecule has 1 atom stereocenters. The van der Waals surface area contributed by atoms with Gasteiger partial charge in [-0.2, -0.15) is 0 Å². The number of benzene rings is 2. The van der Waals surface area contributed by atoms with Crippen molar-refractivity contribution in [1.82, 2.24) is 10.6 Å². The maximum atomic E-state index is 13.8. The number of methoxy groups -OCH3 is 1. The molecule has 0 spiro atoms. The zero-order valence-electron chi connectivity index (χ0n) is 15.4. The van der Waals surface area contributed by atoms with Crippen molar-refractivity contribution in [1.29, 1.82) is 0 Å². The summed E-state index contributed by atoms with van der Waals surface area (Å²) in [6.45, 7) is 5.47. The molecule has 0 aliphatic heterocycles. The first-order valence-electron chi connectivity index (χ1n) is 8.30. The molecule has 2 rings (SSSR count). The number of rotatable bonds is 6. The number of hydrogen-bond donors (Lipinski definition) is 2. The van der Waals surface area contributed by atoms with Crippen LogP contribution in [0.3, 0.4) is 0 Å². The van der Waals surface area contributed by atoms with Crippen molar-refractivity contribution in [2.75, 3.05) is 13.7 Å². The Hall–Kier alpha value is -2.89. The summed E-state index contributed by atoms with van der Waals surface area (Å²) in [5, 5.41) is 5.31. The third kappa shape index (κ3) is 4.81. The van der Waals surface area contributed by atoms with Crippen LogP contribution >= 0.6 is 0 Å². The van der Waals surface area contributed by atoms with Crippen molar-refractivity contribution in [2.24, 2.45) is 0 Å². The minimum atomic E-state index is -0.492. The summed E-state index contributed by atoms with van der Waals surface area (Å²) in [6, 6.07) is 9.47. The second-order valence-electron chi connectivity index (χ2n) is 6.16. The number of amides is 2. The Morgan fingerprint density at radius 2 is 1.85 bits per heavy atom. The Morgan fingerprint density at radius 1 is 1.12 bits per heavy atom. The predicted octanol–water partition coefficient (Wildman–Crippen LogP) is 3.06. The average molecular weight is 358 g/mol. The second kappa shape index (κ2) is 8.47. The van der Waals surface area contributed by atoms with Gasteiger partial charge in [-0.15, -0.1) is 0 Å². The lowest BCUT2D eigenvalue weighted by atomic mass is 10.1. The van der Waals surface area contributed by atoms with Crippen molar-refractivity contribution in [3.63, 3.8) is 0 Å². The van der Waals surface area contributed by atoms with E-state index in [0.717, 1.165) is 11.1 Å². The highest BCUT2D eigenvalue weighted by atomic mass is 19.1. The van der Waals surface area contributed by atoms with Gasteiger partial charge in [0.1, 0.15) is 0 Å². The highest BCUT2D eigenvalue weighted by Gasteiger charge is 2.14. The highest BCUT2D eigenvalue weighted by molar-refractivity contribution is 5.96. The molecule has 0 aliphatic rings. The van der Waals surface area contributed by atoms with Gasteiger partial charge >= 0.3 is 0 Å².